The number of ether oxygens (including phenoxy) is 1. The van der Waals surface area contributed by atoms with Crippen molar-refractivity contribution in [1.29, 1.82) is 0 Å². The predicted octanol–water partition coefficient (Wildman–Crippen LogP) is 1.79. The Morgan fingerprint density at radius 3 is 2.74 bits per heavy atom. The molecule has 0 atom stereocenters. The van der Waals surface area contributed by atoms with Crippen LogP contribution < -0.4 is 10.2 Å². The highest BCUT2D eigenvalue weighted by molar-refractivity contribution is 6.10. The molecule has 2 amide bonds. The third-order valence-electron chi connectivity index (χ3n) is 2.70. The SMILES string of the molecule is CC(C)(C)OCC(=O)N1CC(=O)Nc2ccccc21. The van der Waals surface area contributed by atoms with E-state index < -0.39 is 0 Å². The van der Waals surface area contributed by atoms with Crippen LogP contribution in [0.3, 0.4) is 0 Å². The summed E-state index contributed by atoms with van der Waals surface area (Å²) in [6.07, 6.45) is 0. The molecule has 1 N–H and O–H groups in total. The van der Waals surface area contributed by atoms with Crippen molar-refractivity contribution in [1.82, 2.24) is 0 Å². The van der Waals surface area contributed by atoms with Crippen molar-refractivity contribution in [3.63, 3.8) is 0 Å². The molecule has 0 unspecified atom stereocenters. The fourth-order valence-corrected chi connectivity index (χ4v) is 1.81. The van der Waals surface area contributed by atoms with Gasteiger partial charge in [0.25, 0.3) is 5.91 Å². The average Bonchev–Trinajstić information content (AvgIpc) is 2.34. The zero-order valence-electron chi connectivity index (χ0n) is 11.4. The van der Waals surface area contributed by atoms with E-state index in [1.807, 2.05) is 39.0 Å². The average molecular weight is 262 g/mol. The summed E-state index contributed by atoms with van der Waals surface area (Å²) >= 11 is 0. The molecule has 0 bridgehead atoms. The quantitative estimate of drug-likeness (QED) is 0.884. The summed E-state index contributed by atoms with van der Waals surface area (Å²) in [6.45, 7) is 5.65. The molecule has 5 heteroatoms. The first-order chi connectivity index (χ1) is 8.87. The molecule has 1 aliphatic rings. The van der Waals surface area contributed by atoms with Crippen molar-refractivity contribution in [3.05, 3.63) is 24.3 Å². The van der Waals surface area contributed by atoms with Crippen LogP contribution in [-0.4, -0.2) is 30.6 Å². The summed E-state index contributed by atoms with van der Waals surface area (Å²) < 4.78 is 5.47. The van der Waals surface area contributed by atoms with Gasteiger partial charge in [0, 0.05) is 0 Å². The Hall–Kier alpha value is -1.88. The van der Waals surface area contributed by atoms with Crippen LogP contribution in [0.25, 0.3) is 0 Å². The third-order valence-corrected chi connectivity index (χ3v) is 2.70. The minimum Gasteiger partial charge on any atom is -0.366 e. The van der Waals surface area contributed by atoms with Crippen molar-refractivity contribution in [2.75, 3.05) is 23.4 Å². The van der Waals surface area contributed by atoms with Gasteiger partial charge in [0.15, 0.2) is 0 Å². The maximum Gasteiger partial charge on any atom is 0.253 e. The number of hydrogen-bond acceptors (Lipinski definition) is 3. The second-order valence-electron chi connectivity index (χ2n) is 5.45. The maximum atomic E-state index is 12.2. The van der Waals surface area contributed by atoms with Gasteiger partial charge in [0.2, 0.25) is 5.91 Å². The van der Waals surface area contributed by atoms with E-state index in [-0.39, 0.29) is 30.6 Å². The normalized spacial score (nSPS) is 14.9. The molecular weight excluding hydrogens is 244 g/mol. The second kappa shape index (κ2) is 5.01. The maximum absolute atomic E-state index is 12.2. The second-order valence-corrected chi connectivity index (χ2v) is 5.45. The first-order valence-electron chi connectivity index (χ1n) is 6.20. The van der Waals surface area contributed by atoms with Gasteiger partial charge in [-0.25, -0.2) is 0 Å². The van der Waals surface area contributed by atoms with E-state index in [0.717, 1.165) is 0 Å². The minimum absolute atomic E-state index is 0.0311. The number of benzene rings is 1. The summed E-state index contributed by atoms with van der Waals surface area (Å²) in [7, 11) is 0. The lowest BCUT2D eigenvalue weighted by atomic mass is 10.2. The van der Waals surface area contributed by atoms with Crippen LogP contribution in [0.1, 0.15) is 20.8 Å². The monoisotopic (exact) mass is 262 g/mol. The van der Waals surface area contributed by atoms with E-state index in [1.54, 1.807) is 6.07 Å². The third kappa shape index (κ3) is 3.32. The summed E-state index contributed by atoms with van der Waals surface area (Å²) in [5.41, 5.74) is 0.986. The Bertz CT molecular complexity index is 506. The molecule has 0 saturated heterocycles. The number of para-hydroxylation sites is 2. The van der Waals surface area contributed by atoms with Gasteiger partial charge in [-0.2, -0.15) is 0 Å². The summed E-state index contributed by atoms with van der Waals surface area (Å²) in [5.74, 6) is -0.403. The fourth-order valence-electron chi connectivity index (χ4n) is 1.81. The Labute approximate surface area is 112 Å². The van der Waals surface area contributed by atoms with Crippen molar-refractivity contribution < 1.29 is 14.3 Å². The Kier molecular flexibility index (Phi) is 3.57. The molecule has 0 saturated carbocycles. The van der Waals surface area contributed by atoms with Crippen LogP contribution in [0.5, 0.6) is 0 Å². The van der Waals surface area contributed by atoms with Gasteiger partial charge in [-0.3, -0.25) is 14.5 Å². The molecule has 1 heterocycles. The van der Waals surface area contributed by atoms with Crippen molar-refractivity contribution in [3.8, 4) is 0 Å². The van der Waals surface area contributed by atoms with Gasteiger partial charge in [-0.05, 0) is 32.9 Å². The molecule has 0 spiro atoms. The number of anilines is 2. The summed E-state index contributed by atoms with van der Waals surface area (Å²) in [6, 6.07) is 7.24. The first kappa shape index (κ1) is 13.5. The van der Waals surface area contributed by atoms with Gasteiger partial charge in [0.1, 0.15) is 13.2 Å². The van der Waals surface area contributed by atoms with Crippen molar-refractivity contribution >= 4 is 23.2 Å². The number of nitrogens with zero attached hydrogens (tertiary/aromatic N) is 1. The highest BCUT2D eigenvalue weighted by Crippen LogP contribution is 2.28. The van der Waals surface area contributed by atoms with Gasteiger partial charge in [0.05, 0.1) is 17.0 Å². The summed E-state index contributed by atoms with van der Waals surface area (Å²) in [4.78, 5) is 25.2. The van der Waals surface area contributed by atoms with E-state index in [4.69, 9.17) is 4.74 Å². The number of fused-ring (bicyclic) bond motifs is 1. The van der Waals surface area contributed by atoms with Crippen LogP contribution in [0, 0.1) is 0 Å². The number of rotatable bonds is 2. The molecule has 1 aromatic rings. The van der Waals surface area contributed by atoms with Crippen LogP contribution >= 0.6 is 0 Å². The predicted molar refractivity (Wildman–Crippen MR) is 73.1 cm³/mol. The van der Waals surface area contributed by atoms with E-state index in [2.05, 4.69) is 5.32 Å². The lowest BCUT2D eigenvalue weighted by Gasteiger charge is -2.30. The lowest BCUT2D eigenvalue weighted by molar-refractivity contribution is -0.129. The standard InChI is InChI=1S/C14H18N2O3/c1-14(2,3)19-9-13(18)16-8-12(17)15-10-6-4-5-7-11(10)16/h4-7H,8-9H2,1-3H3,(H,15,17). The molecular formula is C14H18N2O3. The molecule has 0 fully saturated rings. The molecule has 0 aromatic heterocycles. The molecule has 5 nitrogen and oxygen atoms in total. The Morgan fingerprint density at radius 1 is 1.37 bits per heavy atom. The number of carbonyl (C=O) groups excluding carboxylic acids is 2. The molecule has 2 rings (SSSR count). The number of nitrogens with one attached hydrogen (secondary N) is 1. The smallest absolute Gasteiger partial charge is 0.253 e. The largest absolute Gasteiger partial charge is 0.366 e. The Balaban J connectivity index is 2.16. The highest BCUT2D eigenvalue weighted by atomic mass is 16.5. The number of hydrogen-bond donors (Lipinski definition) is 1. The topological polar surface area (TPSA) is 58.6 Å². The molecule has 1 aromatic carbocycles. The van der Waals surface area contributed by atoms with Crippen molar-refractivity contribution in [2.45, 2.75) is 26.4 Å². The fraction of sp³-hybridized carbons (Fsp3) is 0.429. The summed E-state index contributed by atoms with van der Waals surface area (Å²) in [5, 5.41) is 2.74. The van der Waals surface area contributed by atoms with Crippen LogP contribution in [0.4, 0.5) is 11.4 Å². The first-order valence-corrected chi connectivity index (χ1v) is 6.20. The van der Waals surface area contributed by atoms with E-state index in [0.29, 0.717) is 11.4 Å². The van der Waals surface area contributed by atoms with Crippen molar-refractivity contribution in [2.24, 2.45) is 0 Å². The lowest BCUT2D eigenvalue weighted by Crippen LogP contribution is -2.44. The van der Waals surface area contributed by atoms with Gasteiger partial charge < -0.3 is 10.1 Å². The van der Waals surface area contributed by atoms with E-state index in [1.165, 1.54) is 4.90 Å². The zero-order valence-corrected chi connectivity index (χ0v) is 11.4. The molecule has 0 radical (unpaired) electrons. The minimum atomic E-state index is -0.382. The molecule has 0 aliphatic carbocycles. The van der Waals surface area contributed by atoms with Gasteiger partial charge in [-0.1, -0.05) is 12.1 Å². The number of amides is 2. The zero-order chi connectivity index (χ0) is 14.0. The molecule has 102 valence electrons. The van der Waals surface area contributed by atoms with Crippen LogP contribution in [0.15, 0.2) is 24.3 Å². The Morgan fingerprint density at radius 2 is 2.05 bits per heavy atom. The van der Waals surface area contributed by atoms with E-state index in [9.17, 15) is 9.59 Å². The highest BCUT2D eigenvalue weighted by Gasteiger charge is 2.27. The van der Waals surface area contributed by atoms with Crippen LogP contribution in [-0.2, 0) is 14.3 Å². The molecule has 1 aliphatic heterocycles. The number of carbonyl (C=O) groups is 2. The van der Waals surface area contributed by atoms with Gasteiger partial charge >= 0.3 is 0 Å². The van der Waals surface area contributed by atoms with Gasteiger partial charge in [-0.15, -0.1) is 0 Å². The van der Waals surface area contributed by atoms with E-state index >= 15 is 0 Å². The van der Waals surface area contributed by atoms with Crippen LogP contribution in [0.2, 0.25) is 0 Å². The molecule has 19 heavy (non-hydrogen) atoms.